The van der Waals surface area contributed by atoms with E-state index < -0.39 is 118 Å². The molecule has 15 atom stereocenters. The maximum Gasteiger partial charge on any atom is 0.332 e. The van der Waals surface area contributed by atoms with Crippen LogP contribution in [0.4, 0.5) is 4.39 Å². The van der Waals surface area contributed by atoms with E-state index in [1.54, 1.807) is 32.9 Å². The highest BCUT2D eigenvalue weighted by atomic mass is 19.1. The van der Waals surface area contributed by atoms with Gasteiger partial charge >= 0.3 is 11.9 Å². The molecule has 5 unspecified atom stereocenters. The highest BCUT2D eigenvalue weighted by Gasteiger charge is 2.76. The maximum atomic E-state index is 17.5. The van der Waals surface area contributed by atoms with Crippen LogP contribution in [0.25, 0.3) is 0 Å². The average molecular weight is 851 g/mol. The lowest BCUT2D eigenvalue weighted by Gasteiger charge is -2.62. The summed E-state index contributed by atoms with van der Waals surface area (Å²) in [7, 11) is 0. The number of hydrogen-bond acceptors (Lipinski definition) is 13. The minimum absolute atomic E-state index is 0.00134. The van der Waals surface area contributed by atoms with E-state index in [0.29, 0.717) is 44.1 Å². The molecule has 14 heteroatoms. The zero-order chi connectivity index (χ0) is 44.3. The van der Waals surface area contributed by atoms with Gasteiger partial charge in [-0.2, -0.15) is 0 Å². The molecule has 61 heavy (non-hydrogen) atoms. The van der Waals surface area contributed by atoms with Crippen molar-refractivity contribution in [1.29, 1.82) is 0 Å². The molecule has 0 spiro atoms. The number of ketones is 4. The highest BCUT2D eigenvalue weighted by Crippen LogP contribution is 2.71. The van der Waals surface area contributed by atoms with E-state index in [4.69, 9.17) is 14.2 Å². The van der Waals surface area contributed by atoms with E-state index in [0.717, 1.165) is 5.57 Å². The summed E-state index contributed by atoms with van der Waals surface area (Å²) in [6.45, 7) is 5.83. The van der Waals surface area contributed by atoms with Crippen molar-refractivity contribution in [2.45, 2.75) is 121 Å². The summed E-state index contributed by atoms with van der Waals surface area (Å²) in [4.78, 5) is 77.0. The summed E-state index contributed by atoms with van der Waals surface area (Å²) in [6, 6.07) is 0. The van der Waals surface area contributed by atoms with E-state index in [9.17, 15) is 49.2 Å². The Morgan fingerprint density at radius 2 is 1.36 bits per heavy atom. The molecule has 0 bridgehead atoms. The lowest BCUT2D eigenvalue weighted by molar-refractivity contribution is -0.220. The van der Waals surface area contributed by atoms with Crippen LogP contribution in [0.3, 0.4) is 0 Å². The van der Waals surface area contributed by atoms with Crippen LogP contribution in [0, 0.1) is 57.2 Å². The third-order valence-electron chi connectivity index (χ3n) is 17.9. The second kappa shape index (κ2) is 14.7. The maximum absolute atomic E-state index is 17.5. The van der Waals surface area contributed by atoms with Crippen molar-refractivity contribution >= 4 is 35.1 Å². The van der Waals surface area contributed by atoms with E-state index in [2.05, 4.69) is 0 Å². The molecule has 0 radical (unpaired) electrons. The molecule has 4 N–H and O–H groups in total. The Morgan fingerprint density at radius 1 is 0.754 bits per heavy atom. The molecule has 332 valence electrons. The van der Waals surface area contributed by atoms with Crippen LogP contribution < -0.4 is 0 Å². The topological polar surface area (TPSA) is 211 Å². The van der Waals surface area contributed by atoms with Crippen molar-refractivity contribution in [3.8, 4) is 0 Å². The number of aliphatic hydroxyl groups is 4. The molecule has 0 aromatic heterocycles. The molecule has 8 rings (SSSR count). The van der Waals surface area contributed by atoms with E-state index >= 15 is 4.39 Å². The van der Waals surface area contributed by atoms with Crippen LogP contribution in [0.1, 0.15) is 92.4 Å². The number of fused-ring (bicyclic) bond motifs is 10. The molecular weight excluding hydrogens is 792 g/mol. The van der Waals surface area contributed by atoms with E-state index in [1.807, 2.05) is 19.9 Å². The summed E-state index contributed by atoms with van der Waals surface area (Å²) < 4.78 is 33.0. The average Bonchev–Trinajstić information content (AvgIpc) is 3.59. The molecule has 6 saturated carbocycles. The van der Waals surface area contributed by atoms with Crippen molar-refractivity contribution in [2.24, 2.45) is 57.2 Å². The van der Waals surface area contributed by atoms with Crippen molar-refractivity contribution in [2.75, 3.05) is 26.4 Å². The molecule has 0 aliphatic heterocycles. The zero-order valence-corrected chi connectivity index (χ0v) is 35.6. The van der Waals surface area contributed by atoms with Crippen LogP contribution in [0.5, 0.6) is 0 Å². The minimum atomic E-state index is -2.14. The number of halogens is 1. The Labute approximate surface area is 354 Å². The Kier molecular flexibility index (Phi) is 10.6. The Morgan fingerprint density at radius 3 is 2.03 bits per heavy atom. The second-order valence-electron chi connectivity index (χ2n) is 20.4. The first-order chi connectivity index (χ1) is 28.5. The Balaban J connectivity index is 0.824. The van der Waals surface area contributed by atoms with Gasteiger partial charge in [-0.15, -0.1) is 0 Å². The van der Waals surface area contributed by atoms with E-state index in [-0.39, 0.29) is 48.6 Å². The smallest absolute Gasteiger partial charge is 0.332 e. The number of alkyl halides is 1. The Bertz CT molecular complexity index is 2070. The van der Waals surface area contributed by atoms with Crippen LogP contribution in [-0.2, 0) is 43.0 Å². The van der Waals surface area contributed by atoms with Gasteiger partial charge in [-0.05, 0) is 113 Å². The highest BCUT2D eigenvalue weighted by molar-refractivity contribution is 6.02. The quantitative estimate of drug-likeness (QED) is 0.232. The standard InChI is InChI=1S/C47H59FO13/c1-25-16-33-32-9-7-27-18-29(50)11-14-42(27,3)46(32,48)35(52)20-44(33,5)47(25,58)37(54)22-61-39(56)24-59-23-38(55)60-21-36(53)45(57)15-12-31-30-8-6-26-17-28(49)10-13-41(26,2)40(30)34(51)19-43(31,45)4/h10-11,13-14,17-18,25,30-35,40,51-52,57-58H,6-9,12,15-16,19-24H2,1-5H3/t25-,30?,31?,32?,33?,34-,35-,40?,41-,42-,43-,44-,45-,46-,47-/m0/s1. The van der Waals surface area contributed by atoms with Gasteiger partial charge in [-0.3, -0.25) is 19.2 Å². The number of allylic oxidation sites excluding steroid dienone is 8. The largest absolute Gasteiger partial charge is 0.456 e. The van der Waals surface area contributed by atoms with Crippen LogP contribution in [0.2, 0.25) is 0 Å². The van der Waals surface area contributed by atoms with Gasteiger partial charge in [0.05, 0.1) is 12.2 Å². The van der Waals surface area contributed by atoms with Gasteiger partial charge in [0.2, 0.25) is 11.6 Å². The monoisotopic (exact) mass is 850 g/mol. The molecule has 0 heterocycles. The summed E-state index contributed by atoms with van der Waals surface area (Å²) in [6.07, 6.45) is 10.0. The minimum Gasteiger partial charge on any atom is -0.456 e. The molecule has 8 aliphatic rings. The van der Waals surface area contributed by atoms with Crippen LogP contribution in [-0.4, -0.2) is 111 Å². The number of carbonyl (C=O) groups is 6. The number of carbonyl (C=O) groups excluding carboxylic acids is 6. The summed E-state index contributed by atoms with van der Waals surface area (Å²) >= 11 is 0. The first kappa shape index (κ1) is 43.9. The predicted molar refractivity (Wildman–Crippen MR) is 214 cm³/mol. The lowest BCUT2D eigenvalue weighted by atomic mass is 9.44. The molecule has 0 amide bonds. The normalized spacial score (nSPS) is 46.8. The third-order valence-corrected chi connectivity index (χ3v) is 17.9. The van der Waals surface area contributed by atoms with Crippen LogP contribution in [0.15, 0.2) is 47.6 Å². The van der Waals surface area contributed by atoms with Crippen molar-refractivity contribution in [3.05, 3.63) is 47.6 Å². The fourth-order valence-electron chi connectivity index (χ4n) is 14.8. The zero-order valence-electron chi connectivity index (χ0n) is 35.6. The van der Waals surface area contributed by atoms with Crippen molar-refractivity contribution in [1.82, 2.24) is 0 Å². The lowest BCUT2D eigenvalue weighted by Crippen LogP contribution is -2.69. The molecule has 0 aromatic carbocycles. The number of Topliss-reactive ketones (excluding diaryl/α,β-unsaturated/α-hetero) is 2. The summed E-state index contributed by atoms with van der Waals surface area (Å²) in [5.41, 5.74) is -8.42. The van der Waals surface area contributed by atoms with Gasteiger partial charge in [0, 0.05) is 33.5 Å². The van der Waals surface area contributed by atoms with Gasteiger partial charge in [-0.1, -0.05) is 51.0 Å². The van der Waals surface area contributed by atoms with Crippen molar-refractivity contribution in [3.63, 3.8) is 0 Å². The van der Waals surface area contributed by atoms with Crippen molar-refractivity contribution < 1.29 is 67.8 Å². The van der Waals surface area contributed by atoms with Gasteiger partial charge < -0.3 is 34.6 Å². The third kappa shape index (κ3) is 6.08. The van der Waals surface area contributed by atoms with Gasteiger partial charge in [0.15, 0.2) is 30.4 Å². The first-order valence-electron chi connectivity index (χ1n) is 21.8. The molecule has 0 saturated heterocycles. The van der Waals surface area contributed by atoms with E-state index in [1.165, 1.54) is 18.2 Å². The van der Waals surface area contributed by atoms with Gasteiger partial charge in [0.25, 0.3) is 0 Å². The van der Waals surface area contributed by atoms with Gasteiger partial charge in [-0.25, -0.2) is 14.0 Å². The van der Waals surface area contributed by atoms with Gasteiger partial charge in [0.1, 0.15) is 24.4 Å². The number of rotatable bonds is 10. The molecule has 0 aromatic rings. The fraction of sp³-hybridized carbons (Fsp3) is 0.702. The summed E-state index contributed by atoms with van der Waals surface area (Å²) in [5, 5.41) is 47.3. The fourth-order valence-corrected chi connectivity index (χ4v) is 14.8. The number of aliphatic hydroxyl groups excluding tert-OH is 2. The number of ether oxygens (including phenoxy) is 3. The Hall–Kier alpha value is -3.69. The molecule has 8 aliphatic carbocycles. The van der Waals surface area contributed by atoms with Crippen LogP contribution >= 0.6 is 0 Å². The number of esters is 2. The number of hydrogen-bond donors (Lipinski definition) is 4. The summed E-state index contributed by atoms with van der Waals surface area (Å²) in [5.74, 6) is -5.94. The second-order valence-corrected chi connectivity index (χ2v) is 20.4. The predicted octanol–water partition coefficient (Wildman–Crippen LogP) is 3.59. The molecule has 6 fully saturated rings. The molecular formula is C47H59FO13. The SMILES string of the molecule is C[C@H]1CC2C3CCC4=CC(=O)C=C[C@]4(C)[C@@]3(F)[C@@H](O)C[C@]2(C)[C@@]1(O)C(=O)COC(=O)COCC(=O)OCC(=O)[C@@]1(O)CCC2C3CCC4=CC(=O)C=C[C@]4(C)C3[C@@H](O)C[C@@]21C. The first-order valence-corrected chi connectivity index (χ1v) is 21.8. The molecule has 13 nitrogen and oxygen atoms in total.